The van der Waals surface area contributed by atoms with Crippen LogP contribution in [0.3, 0.4) is 0 Å². The van der Waals surface area contributed by atoms with Crippen LogP contribution in [0.1, 0.15) is 41.3 Å². The third-order valence-electron chi connectivity index (χ3n) is 7.17. The first-order valence-electron chi connectivity index (χ1n) is 11.7. The van der Waals surface area contributed by atoms with Gasteiger partial charge in [-0.15, -0.1) is 0 Å². The number of morpholine rings is 1. The highest BCUT2D eigenvalue weighted by Gasteiger charge is 2.30. The third-order valence-corrected chi connectivity index (χ3v) is 7.17. The van der Waals surface area contributed by atoms with Crippen LogP contribution in [0.5, 0.6) is 0 Å². The van der Waals surface area contributed by atoms with E-state index in [1.165, 1.54) is 40.9 Å². The Morgan fingerprint density at radius 2 is 2.16 bits per heavy atom. The molecule has 1 aliphatic carbocycles. The zero-order chi connectivity index (χ0) is 21.2. The molecule has 3 atom stereocenters. The van der Waals surface area contributed by atoms with Gasteiger partial charge in [0.15, 0.2) is 0 Å². The van der Waals surface area contributed by atoms with Crippen LogP contribution in [-0.2, 0) is 24.1 Å². The SMILES string of the molecule is CN(C[C@H]1Cc2c(cccc2N2CCO[C@H](CO)C2)CN1)[C@H]1CCCc2cccnc21. The fourth-order valence-corrected chi connectivity index (χ4v) is 5.56. The summed E-state index contributed by atoms with van der Waals surface area (Å²) in [4.78, 5) is 9.65. The summed E-state index contributed by atoms with van der Waals surface area (Å²) in [5, 5.41) is 13.3. The number of aryl methyl sites for hydroxylation is 1. The quantitative estimate of drug-likeness (QED) is 0.771. The second-order valence-corrected chi connectivity index (χ2v) is 9.21. The van der Waals surface area contributed by atoms with Gasteiger partial charge in [-0.1, -0.05) is 18.2 Å². The Kier molecular flexibility index (Phi) is 6.23. The summed E-state index contributed by atoms with van der Waals surface area (Å²) in [5.74, 6) is 0. The maximum absolute atomic E-state index is 9.56. The number of fused-ring (bicyclic) bond motifs is 2. The van der Waals surface area contributed by atoms with Gasteiger partial charge in [-0.2, -0.15) is 0 Å². The topological polar surface area (TPSA) is 60.9 Å². The van der Waals surface area contributed by atoms with Crippen molar-refractivity contribution in [3.05, 3.63) is 58.9 Å². The number of benzene rings is 1. The highest BCUT2D eigenvalue weighted by atomic mass is 16.5. The summed E-state index contributed by atoms with van der Waals surface area (Å²) in [6.07, 6.45) is 6.45. The number of pyridine rings is 1. The molecule has 0 radical (unpaired) electrons. The van der Waals surface area contributed by atoms with Gasteiger partial charge in [0.05, 0.1) is 31.1 Å². The third kappa shape index (κ3) is 4.35. The Bertz CT molecular complexity index is 905. The van der Waals surface area contributed by atoms with Crippen molar-refractivity contribution >= 4 is 5.69 Å². The van der Waals surface area contributed by atoms with E-state index in [0.29, 0.717) is 18.7 Å². The lowest BCUT2D eigenvalue weighted by molar-refractivity contribution is 0.00351. The van der Waals surface area contributed by atoms with Crippen LogP contribution in [-0.4, -0.2) is 67.0 Å². The van der Waals surface area contributed by atoms with Gasteiger partial charge >= 0.3 is 0 Å². The van der Waals surface area contributed by atoms with Crippen LogP contribution >= 0.6 is 0 Å². The van der Waals surface area contributed by atoms with E-state index in [1.54, 1.807) is 0 Å². The number of nitrogens with one attached hydrogen (secondary N) is 1. The molecule has 6 nitrogen and oxygen atoms in total. The molecular formula is C25H34N4O2. The highest BCUT2D eigenvalue weighted by Crippen LogP contribution is 2.33. The van der Waals surface area contributed by atoms with Crippen molar-refractivity contribution in [3.63, 3.8) is 0 Å². The number of rotatable bonds is 5. The molecule has 3 heterocycles. The highest BCUT2D eigenvalue weighted by molar-refractivity contribution is 5.58. The lowest BCUT2D eigenvalue weighted by Crippen LogP contribution is -2.47. The molecule has 2 N–H and O–H groups in total. The van der Waals surface area contributed by atoms with Crippen LogP contribution in [0, 0.1) is 0 Å². The molecule has 1 aromatic carbocycles. The first kappa shape index (κ1) is 20.9. The maximum atomic E-state index is 9.56. The van der Waals surface area contributed by atoms with E-state index in [-0.39, 0.29) is 12.7 Å². The monoisotopic (exact) mass is 422 g/mol. The smallest absolute Gasteiger partial charge is 0.0980 e. The second-order valence-electron chi connectivity index (χ2n) is 9.21. The summed E-state index contributed by atoms with van der Waals surface area (Å²) in [7, 11) is 2.26. The average molecular weight is 423 g/mol. The number of aromatic nitrogens is 1. The summed E-state index contributed by atoms with van der Waals surface area (Å²) in [6, 6.07) is 11.8. The van der Waals surface area contributed by atoms with Crippen molar-refractivity contribution in [3.8, 4) is 0 Å². The Morgan fingerprint density at radius 1 is 1.26 bits per heavy atom. The Balaban J connectivity index is 1.31. The van der Waals surface area contributed by atoms with Gasteiger partial charge in [-0.05, 0) is 61.6 Å². The van der Waals surface area contributed by atoms with Gasteiger partial charge in [-0.3, -0.25) is 9.88 Å². The molecule has 1 aromatic heterocycles. The van der Waals surface area contributed by atoms with Crippen molar-refractivity contribution in [1.82, 2.24) is 15.2 Å². The number of hydrogen-bond acceptors (Lipinski definition) is 6. The minimum Gasteiger partial charge on any atom is -0.394 e. The number of nitrogens with zero attached hydrogens (tertiary/aromatic N) is 3. The molecule has 0 saturated carbocycles. The van der Waals surface area contributed by atoms with Crippen LogP contribution in [0.2, 0.25) is 0 Å². The first-order valence-corrected chi connectivity index (χ1v) is 11.7. The van der Waals surface area contributed by atoms with Crippen molar-refractivity contribution in [2.24, 2.45) is 0 Å². The van der Waals surface area contributed by atoms with E-state index in [2.05, 4.69) is 52.5 Å². The van der Waals surface area contributed by atoms with Crippen molar-refractivity contribution < 1.29 is 9.84 Å². The predicted octanol–water partition coefficient (Wildman–Crippen LogP) is 2.30. The van der Waals surface area contributed by atoms with Crippen LogP contribution in [0.4, 0.5) is 5.69 Å². The van der Waals surface area contributed by atoms with Gasteiger partial charge in [-0.25, -0.2) is 0 Å². The summed E-state index contributed by atoms with van der Waals surface area (Å²) >= 11 is 0. The standard InChI is InChI=1S/C25H34N4O2/c1-28(24-9-2-5-18-7-4-10-26-25(18)24)15-20-13-22-19(14-27-20)6-3-8-23(22)29-11-12-31-21(16-29)17-30/h3-4,6-8,10,20-21,24,27,30H,2,5,9,11-17H2,1H3/t20-,21+,24+/m1/s1. The molecule has 31 heavy (non-hydrogen) atoms. The molecule has 0 amide bonds. The van der Waals surface area contributed by atoms with Crippen LogP contribution < -0.4 is 10.2 Å². The van der Waals surface area contributed by atoms with Crippen LogP contribution in [0.15, 0.2) is 36.5 Å². The average Bonchev–Trinajstić information content (AvgIpc) is 2.83. The molecule has 0 spiro atoms. The minimum atomic E-state index is -0.0906. The predicted molar refractivity (Wildman–Crippen MR) is 122 cm³/mol. The number of hydrogen-bond donors (Lipinski definition) is 2. The summed E-state index contributed by atoms with van der Waals surface area (Å²) in [6.45, 7) is 4.32. The molecular weight excluding hydrogens is 388 g/mol. The molecule has 2 aromatic rings. The van der Waals surface area contributed by atoms with Crippen molar-refractivity contribution in [1.29, 1.82) is 0 Å². The number of likely N-dealkylation sites (N-methyl/N-ethyl adjacent to an activating group) is 1. The van der Waals surface area contributed by atoms with E-state index in [1.807, 2.05) is 6.20 Å². The number of aliphatic hydroxyl groups is 1. The van der Waals surface area contributed by atoms with Gasteiger partial charge in [0, 0.05) is 44.1 Å². The van der Waals surface area contributed by atoms with Gasteiger partial charge in [0.1, 0.15) is 0 Å². The number of aliphatic hydroxyl groups excluding tert-OH is 1. The number of anilines is 1. The fraction of sp³-hybridized carbons (Fsp3) is 0.560. The molecule has 6 heteroatoms. The molecule has 1 saturated heterocycles. The van der Waals surface area contributed by atoms with E-state index >= 15 is 0 Å². The fourth-order valence-electron chi connectivity index (χ4n) is 5.56. The molecule has 2 aliphatic heterocycles. The maximum Gasteiger partial charge on any atom is 0.0980 e. The van der Waals surface area contributed by atoms with E-state index in [0.717, 1.165) is 39.0 Å². The normalized spacial score (nSPS) is 25.9. The Morgan fingerprint density at radius 3 is 3.06 bits per heavy atom. The molecule has 1 fully saturated rings. The van der Waals surface area contributed by atoms with Gasteiger partial charge in [0.2, 0.25) is 0 Å². The molecule has 0 unspecified atom stereocenters. The summed E-state index contributed by atoms with van der Waals surface area (Å²) in [5.41, 5.74) is 6.86. The second kappa shape index (κ2) is 9.25. The lowest BCUT2D eigenvalue weighted by atomic mass is 9.89. The van der Waals surface area contributed by atoms with Gasteiger partial charge < -0.3 is 20.1 Å². The van der Waals surface area contributed by atoms with E-state index in [4.69, 9.17) is 9.72 Å². The number of ether oxygens (including phenoxy) is 1. The Labute approximate surface area is 185 Å². The minimum absolute atomic E-state index is 0.0808. The van der Waals surface area contributed by atoms with Gasteiger partial charge in [0.25, 0.3) is 0 Å². The molecule has 0 bridgehead atoms. The zero-order valence-electron chi connectivity index (χ0n) is 18.5. The Hall–Kier alpha value is -1.99. The first-order chi connectivity index (χ1) is 15.2. The molecule has 5 rings (SSSR count). The van der Waals surface area contributed by atoms with E-state index < -0.39 is 0 Å². The van der Waals surface area contributed by atoms with Crippen molar-refractivity contribution in [2.45, 2.75) is 50.4 Å². The molecule has 3 aliphatic rings. The molecule has 166 valence electrons. The van der Waals surface area contributed by atoms with Crippen LogP contribution in [0.25, 0.3) is 0 Å². The zero-order valence-corrected chi connectivity index (χ0v) is 18.5. The lowest BCUT2D eigenvalue weighted by Gasteiger charge is -2.39. The van der Waals surface area contributed by atoms with E-state index in [9.17, 15) is 5.11 Å². The largest absolute Gasteiger partial charge is 0.394 e. The summed E-state index contributed by atoms with van der Waals surface area (Å²) < 4.78 is 5.68. The van der Waals surface area contributed by atoms with Crippen molar-refractivity contribution in [2.75, 3.05) is 44.8 Å².